The molecule has 1 N–H and O–H groups in total. The summed E-state index contributed by atoms with van der Waals surface area (Å²) in [6, 6.07) is 16.0. The van der Waals surface area contributed by atoms with Gasteiger partial charge in [0.15, 0.2) is 0 Å². The first-order valence-corrected chi connectivity index (χ1v) is 10.6. The molecule has 2 aliphatic rings. The number of rotatable bonds is 6. The van der Waals surface area contributed by atoms with E-state index in [1.165, 1.54) is 0 Å². The molecule has 2 atom stereocenters. The molecule has 1 aliphatic heterocycles. The molecule has 0 unspecified atom stereocenters. The van der Waals surface area contributed by atoms with Gasteiger partial charge in [0.1, 0.15) is 30.2 Å². The number of nitrogens with one attached hydrogen (secondary N) is 1. The number of esters is 1. The molecule has 31 heavy (non-hydrogen) atoms. The van der Waals surface area contributed by atoms with Crippen molar-refractivity contribution in [3.63, 3.8) is 0 Å². The van der Waals surface area contributed by atoms with E-state index in [0.717, 1.165) is 24.2 Å². The Kier molecular flexibility index (Phi) is 5.93. The zero-order chi connectivity index (χ0) is 21.8. The van der Waals surface area contributed by atoms with Crippen molar-refractivity contribution < 1.29 is 23.9 Å². The molecule has 2 aromatic rings. The molecular weight excluding hydrogens is 396 g/mol. The summed E-state index contributed by atoms with van der Waals surface area (Å²) in [7, 11) is 0. The predicted molar refractivity (Wildman–Crippen MR) is 113 cm³/mol. The van der Waals surface area contributed by atoms with E-state index in [4.69, 9.17) is 9.47 Å². The number of imide groups is 1. The number of hydrogen-bond acceptors (Lipinski definition) is 5. The number of hydrogen-bond donors (Lipinski definition) is 1. The third-order valence-corrected chi connectivity index (χ3v) is 6.12. The minimum atomic E-state index is -0.883. The maximum atomic E-state index is 13.0. The molecule has 1 saturated carbocycles. The number of amides is 3. The Morgan fingerprint density at radius 3 is 2.61 bits per heavy atom. The van der Waals surface area contributed by atoms with Crippen molar-refractivity contribution in [3.8, 4) is 11.5 Å². The minimum absolute atomic E-state index is 0.0208. The van der Waals surface area contributed by atoms with Crippen LogP contribution in [0.5, 0.6) is 11.5 Å². The summed E-state index contributed by atoms with van der Waals surface area (Å²) in [6.07, 6.45) is 3.41. The Bertz CT molecular complexity index is 977. The average Bonchev–Trinajstić information content (AvgIpc) is 3.01. The third kappa shape index (κ3) is 4.26. The first kappa shape index (κ1) is 20.9. The lowest BCUT2D eigenvalue weighted by Gasteiger charge is -2.36. The first-order chi connectivity index (χ1) is 15.0. The molecule has 7 heteroatoms. The molecule has 7 nitrogen and oxygen atoms in total. The summed E-state index contributed by atoms with van der Waals surface area (Å²) in [5, 5.41) is 2.84. The maximum Gasteiger partial charge on any atom is 0.326 e. The van der Waals surface area contributed by atoms with Crippen LogP contribution in [0.1, 0.15) is 38.2 Å². The molecule has 1 saturated heterocycles. The van der Waals surface area contributed by atoms with E-state index < -0.39 is 24.1 Å². The molecule has 0 aromatic heterocycles. The molecule has 4 rings (SSSR count). The van der Waals surface area contributed by atoms with Gasteiger partial charge in [0.2, 0.25) is 0 Å². The van der Waals surface area contributed by atoms with Crippen LogP contribution >= 0.6 is 0 Å². The monoisotopic (exact) mass is 422 g/mol. The van der Waals surface area contributed by atoms with E-state index in [1.54, 1.807) is 12.1 Å². The molecule has 1 spiro atoms. The Morgan fingerprint density at radius 1 is 1.10 bits per heavy atom. The second kappa shape index (κ2) is 8.79. The molecule has 2 aromatic carbocycles. The van der Waals surface area contributed by atoms with Crippen LogP contribution in [0.3, 0.4) is 0 Å². The highest BCUT2D eigenvalue weighted by molar-refractivity contribution is 6.08. The van der Waals surface area contributed by atoms with Crippen molar-refractivity contribution >= 4 is 17.9 Å². The highest BCUT2D eigenvalue weighted by atomic mass is 16.5. The lowest BCUT2D eigenvalue weighted by molar-refractivity contribution is -0.149. The number of benzene rings is 2. The summed E-state index contributed by atoms with van der Waals surface area (Å²) in [6.45, 7) is 1.55. The molecule has 2 fully saturated rings. The second-order valence-electron chi connectivity index (χ2n) is 8.12. The fourth-order valence-electron chi connectivity index (χ4n) is 4.31. The Hall–Kier alpha value is -3.35. The minimum Gasteiger partial charge on any atom is -0.459 e. The Labute approximate surface area is 181 Å². The SMILES string of the molecule is C[C@@H]1CCCC[C@@]12NC(=O)N(CC(=O)OCc1ccccc1Oc1ccccc1)C2=O. The van der Waals surface area contributed by atoms with Crippen LogP contribution in [0.4, 0.5) is 4.79 Å². The van der Waals surface area contributed by atoms with Crippen LogP contribution in [0, 0.1) is 5.92 Å². The van der Waals surface area contributed by atoms with Crippen molar-refractivity contribution in [1.82, 2.24) is 10.2 Å². The highest BCUT2D eigenvalue weighted by Crippen LogP contribution is 2.38. The van der Waals surface area contributed by atoms with Gasteiger partial charge in [-0.25, -0.2) is 4.79 Å². The summed E-state index contributed by atoms with van der Waals surface area (Å²) < 4.78 is 11.3. The average molecular weight is 422 g/mol. The van der Waals surface area contributed by atoms with Crippen LogP contribution in [-0.2, 0) is 20.9 Å². The molecule has 3 amide bonds. The smallest absolute Gasteiger partial charge is 0.326 e. The van der Waals surface area contributed by atoms with Gasteiger partial charge in [-0.1, -0.05) is 56.2 Å². The number of nitrogens with zero attached hydrogens (tertiary/aromatic N) is 1. The molecule has 0 radical (unpaired) electrons. The van der Waals surface area contributed by atoms with E-state index in [-0.39, 0.29) is 18.4 Å². The van der Waals surface area contributed by atoms with Gasteiger partial charge in [-0.15, -0.1) is 0 Å². The molecule has 1 aliphatic carbocycles. The summed E-state index contributed by atoms with van der Waals surface area (Å²) in [5.74, 6) is 0.327. The van der Waals surface area contributed by atoms with Gasteiger partial charge in [-0.05, 0) is 37.0 Å². The van der Waals surface area contributed by atoms with Gasteiger partial charge in [0, 0.05) is 5.56 Å². The van der Waals surface area contributed by atoms with E-state index in [2.05, 4.69) is 5.32 Å². The van der Waals surface area contributed by atoms with Crippen molar-refractivity contribution in [1.29, 1.82) is 0 Å². The standard InChI is InChI=1S/C24H26N2O5/c1-17-9-7-8-14-24(17)22(28)26(23(29)25-24)15-21(27)30-16-18-10-5-6-13-20(18)31-19-11-3-2-4-12-19/h2-6,10-13,17H,7-9,14-16H2,1H3,(H,25,29)/t17-,24-/m1/s1. The fourth-order valence-corrected chi connectivity index (χ4v) is 4.31. The van der Waals surface area contributed by atoms with Gasteiger partial charge in [-0.3, -0.25) is 14.5 Å². The first-order valence-electron chi connectivity index (χ1n) is 10.6. The van der Waals surface area contributed by atoms with E-state index in [0.29, 0.717) is 23.5 Å². The van der Waals surface area contributed by atoms with Gasteiger partial charge < -0.3 is 14.8 Å². The lowest BCUT2D eigenvalue weighted by atomic mass is 9.73. The summed E-state index contributed by atoms with van der Waals surface area (Å²) in [5.41, 5.74) is -0.194. The van der Waals surface area contributed by atoms with Crippen molar-refractivity contribution in [2.24, 2.45) is 5.92 Å². The van der Waals surface area contributed by atoms with Crippen molar-refractivity contribution in [3.05, 3.63) is 60.2 Å². The Morgan fingerprint density at radius 2 is 1.84 bits per heavy atom. The second-order valence-corrected chi connectivity index (χ2v) is 8.12. The zero-order valence-electron chi connectivity index (χ0n) is 17.5. The Balaban J connectivity index is 1.38. The van der Waals surface area contributed by atoms with Crippen LogP contribution in [0.2, 0.25) is 0 Å². The normalized spacial score (nSPS) is 23.0. The maximum absolute atomic E-state index is 13.0. The van der Waals surface area contributed by atoms with E-state index >= 15 is 0 Å². The van der Waals surface area contributed by atoms with Crippen LogP contribution in [0.15, 0.2) is 54.6 Å². The van der Waals surface area contributed by atoms with Crippen LogP contribution in [0.25, 0.3) is 0 Å². The van der Waals surface area contributed by atoms with Crippen LogP contribution < -0.4 is 10.1 Å². The summed E-state index contributed by atoms with van der Waals surface area (Å²) >= 11 is 0. The highest BCUT2D eigenvalue weighted by Gasteiger charge is 2.55. The number of carbonyl (C=O) groups excluding carboxylic acids is 3. The molecule has 0 bridgehead atoms. The van der Waals surface area contributed by atoms with Gasteiger partial charge in [0.05, 0.1) is 0 Å². The van der Waals surface area contributed by atoms with Crippen molar-refractivity contribution in [2.45, 2.75) is 44.8 Å². The lowest BCUT2D eigenvalue weighted by Crippen LogP contribution is -2.54. The summed E-state index contributed by atoms with van der Waals surface area (Å²) in [4.78, 5) is 38.9. The van der Waals surface area contributed by atoms with Crippen LogP contribution in [-0.4, -0.2) is 34.9 Å². The zero-order valence-corrected chi connectivity index (χ0v) is 17.5. The van der Waals surface area contributed by atoms with Crippen molar-refractivity contribution in [2.75, 3.05) is 6.54 Å². The van der Waals surface area contributed by atoms with Gasteiger partial charge in [-0.2, -0.15) is 0 Å². The van der Waals surface area contributed by atoms with E-state index in [9.17, 15) is 14.4 Å². The van der Waals surface area contributed by atoms with Gasteiger partial charge in [0.25, 0.3) is 5.91 Å². The third-order valence-electron chi connectivity index (χ3n) is 6.12. The molecule has 162 valence electrons. The topological polar surface area (TPSA) is 84.9 Å². The number of para-hydroxylation sites is 2. The largest absolute Gasteiger partial charge is 0.459 e. The fraction of sp³-hybridized carbons (Fsp3) is 0.375. The number of urea groups is 1. The van der Waals surface area contributed by atoms with Gasteiger partial charge >= 0.3 is 12.0 Å². The van der Waals surface area contributed by atoms with E-state index in [1.807, 2.05) is 49.4 Å². The number of ether oxygens (including phenoxy) is 2. The number of carbonyl (C=O) groups is 3. The molecular formula is C24H26N2O5. The predicted octanol–water partition coefficient (Wildman–Crippen LogP) is 4.02. The molecule has 1 heterocycles. The quantitative estimate of drug-likeness (QED) is 0.561.